The smallest absolute Gasteiger partial charge is 0.296 e. The lowest BCUT2D eigenvalue weighted by Crippen LogP contribution is -2.54. The molecule has 4 saturated carbocycles. The summed E-state index contributed by atoms with van der Waals surface area (Å²) in [5.41, 5.74) is 8.46. The number of nitrogen functional groups attached to an aromatic ring is 1. The molecule has 110 valence electrons. The van der Waals surface area contributed by atoms with E-state index < -0.39 is 0 Å². The van der Waals surface area contributed by atoms with Gasteiger partial charge in [0.15, 0.2) is 5.58 Å². The Hall–Kier alpha value is -1.71. The van der Waals surface area contributed by atoms with Crippen LogP contribution in [0.3, 0.4) is 0 Å². The molecule has 4 aliphatic carbocycles. The van der Waals surface area contributed by atoms with Crippen LogP contribution in [0.15, 0.2) is 22.6 Å². The Morgan fingerprint density at radius 1 is 1.10 bits per heavy atom. The van der Waals surface area contributed by atoms with Gasteiger partial charge >= 0.3 is 0 Å². The maximum absolute atomic E-state index is 5.98. The molecule has 0 atom stereocenters. The van der Waals surface area contributed by atoms with Crippen molar-refractivity contribution in [2.24, 2.45) is 17.8 Å². The molecule has 4 fully saturated rings. The second-order valence-corrected chi connectivity index (χ2v) is 7.54. The van der Waals surface area contributed by atoms with Crippen LogP contribution in [0, 0.1) is 17.8 Å². The van der Waals surface area contributed by atoms with E-state index in [1.165, 1.54) is 38.5 Å². The summed E-state index contributed by atoms with van der Waals surface area (Å²) in [6.45, 7) is 0. The van der Waals surface area contributed by atoms with Crippen LogP contribution in [0.1, 0.15) is 38.5 Å². The van der Waals surface area contributed by atoms with Crippen LogP contribution in [-0.2, 0) is 0 Å². The van der Waals surface area contributed by atoms with Gasteiger partial charge < -0.3 is 15.5 Å². The van der Waals surface area contributed by atoms with E-state index in [9.17, 15) is 0 Å². The first-order valence-electron chi connectivity index (χ1n) is 8.12. The molecule has 4 nitrogen and oxygen atoms in total. The van der Waals surface area contributed by atoms with Crippen LogP contribution < -0.4 is 11.1 Å². The molecule has 4 bridgehead atoms. The van der Waals surface area contributed by atoms with Crippen LogP contribution in [0.4, 0.5) is 11.7 Å². The van der Waals surface area contributed by atoms with Gasteiger partial charge in [-0.2, -0.15) is 4.98 Å². The summed E-state index contributed by atoms with van der Waals surface area (Å²) in [6.07, 6.45) is 8.19. The number of hydrogen-bond acceptors (Lipinski definition) is 4. The molecule has 6 rings (SSSR count). The highest BCUT2D eigenvalue weighted by molar-refractivity contribution is 5.86. The minimum Gasteiger partial charge on any atom is -0.423 e. The van der Waals surface area contributed by atoms with Crippen molar-refractivity contribution in [3.8, 4) is 0 Å². The third kappa shape index (κ3) is 1.78. The van der Waals surface area contributed by atoms with Crippen LogP contribution in [0.2, 0.25) is 0 Å². The van der Waals surface area contributed by atoms with Crippen molar-refractivity contribution in [2.45, 2.75) is 44.1 Å². The molecule has 4 heteroatoms. The lowest BCUT2D eigenvalue weighted by Gasteiger charge is -2.56. The van der Waals surface area contributed by atoms with Crippen molar-refractivity contribution < 1.29 is 4.42 Å². The Balaban J connectivity index is 1.49. The zero-order valence-corrected chi connectivity index (χ0v) is 12.1. The van der Waals surface area contributed by atoms with Crippen LogP contribution in [-0.4, -0.2) is 10.5 Å². The normalized spacial score (nSPS) is 37.2. The van der Waals surface area contributed by atoms with Crippen molar-refractivity contribution in [1.82, 2.24) is 4.98 Å². The van der Waals surface area contributed by atoms with Gasteiger partial charge in [0.2, 0.25) is 0 Å². The van der Waals surface area contributed by atoms with Crippen molar-refractivity contribution >= 4 is 22.8 Å². The molecule has 0 amide bonds. The highest BCUT2D eigenvalue weighted by atomic mass is 16.4. The molecular weight excluding hydrogens is 262 g/mol. The molecule has 0 spiro atoms. The number of anilines is 2. The van der Waals surface area contributed by atoms with E-state index in [0.717, 1.165) is 28.9 Å². The summed E-state index contributed by atoms with van der Waals surface area (Å²) in [5.74, 6) is 2.74. The highest BCUT2D eigenvalue weighted by Gasteiger charge is 2.51. The van der Waals surface area contributed by atoms with E-state index in [2.05, 4.69) is 10.3 Å². The number of aromatic nitrogens is 1. The first-order chi connectivity index (χ1) is 10.2. The molecule has 1 heterocycles. The van der Waals surface area contributed by atoms with E-state index in [1.807, 2.05) is 18.2 Å². The fourth-order valence-corrected chi connectivity index (χ4v) is 5.51. The van der Waals surface area contributed by atoms with Gasteiger partial charge in [-0.1, -0.05) is 6.07 Å². The average Bonchev–Trinajstić information content (AvgIpc) is 2.80. The molecule has 0 unspecified atom stereocenters. The maximum atomic E-state index is 5.98. The second-order valence-electron chi connectivity index (χ2n) is 7.54. The van der Waals surface area contributed by atoms with E-state index in [1.54, 1.807) is 0 Å². The standard InChI is InChI=1S/C17H21N3O/c18-13-2-1-3-14-15(13)19-16(21-14)20-17-7-10-4-11(8-17)6-12(5-10)9-17/h1-3,10-12H,4-9,18H2,(H,19,20). The van der Waals surface area contributed by atoms with Gasteiger partial charge in [-0.25, -0.2) is 0 Å². The predicted octanol–water partition coefficient (Wildman–Crippen LogP) is 3.79. The number of rotatable bonds is 2. The van der Waals surface area contributed by atoms with Gasteiger partial charge in [0.1, 0.15) is 5.52 Å². The molecule has 0 radical (unpaired) electrons. The number of para-hydroxylation sites is 1. The average molecular weight is 283 g/mol. The molecule has 0 aliphatic heterocycles. The fourth-order valence-electron chi connectivity index (χ4n) is 5.51. The van der Waals surface area contributed by atoms with Gasteiger partial charge in [-0.3, -0.25) is 0 Å². The van der Waals surface area contributed by atoms with Crippen molar-refractivity contribution in [3.05, 3.63) is 18.2 Å². The van der Waals surface area contributed by atoms with Crippen LogP contribution in [0.25, 0.3) is 11.1 Å². The van der Waals surface area contributed by atoms with E-state index in [0.29, 0.717) is 11.7 Å². The minimum absolute atomic E-state index is 0.227. The number of nitrogens with two attached hydrogens (primary N) is 1. The monoisotopic (exact) mass is 283 g/mol. The summed E-state index contributed by atoms with van der Waals surface area (Å²) in [5, 5.41) is 3.67. The Morgan fingerprint density at radius 3 is 2.38 bits per heavy atom. The SMILES string of the molecule is Nc1cccc2oc(NC34CC5CC(CC(C5)C3)C4)nc12. The van der Waals surface area contributed by atoms with E-state index in [4.69, 9.17) is 10.2 Å². The van der Waals surface area contributed by atoms with Crippen LogP contribution >= 0.6 is 0 Å². The van der Waals surface area contributed by atoms with Crippen molar-refractivity contribution in [1.29, 1.82) is 0 Å². The molecular formula is C17H21N3O. The lowest BCUT2D eigenvalue weighted by atomic mass is 9.53. The Morgan fingerprint density at radius 2 is 1.76 bits per heavy atom. The maximum Gasteiger partial charge on any atom is 0.296 e. The molecule has 4 aliphatic rings. The molecule has 0 saturated heterocycles. The summed E-state index contributed by atoms with van der Waals surface area (Å²) in [6, 6.07) is 6.38. The van der Waals surface area contributed by atoms with E-state index in [-0.39, 0.29) is 5.54 Å². The highest BCUT2D eigenvalue weighted by Crippen LogP contribution is 2.56. The summed E-state index contributed by atoms with van der Waals surface area (Å²) >= 11 is 0. The largest absolute Gasteiger partial charge is 0.423 e. The summed E-state index contributed by atoms with van der Waals surface area (Å²) < 4.78 is 5.89. The quantitative estimate of drug-likeness (QED) is 0.823. The zero-order chi connectivity index (χ0) is 14.0. The molecule has 1 aromatic carbocycles. The van der Waals surface area contributed by atoms with Crippen LogP contribution in [0.5, 0.6) is 0 Å². The lowest BCUT2D eigenvalue weighted by molar-refractivity contribution is 0.00969. The Labute approximate surface area is 124 Å². The first kappa shape index (κ1) is 11.9. The van der Waals surface area contributed by atoms with Gasteiger partial charge in [0.05, 0.1) is 5.69 Å². The Bertz CT molecular complexity index is 670. The minimum atomic E-state index is 0.227. The fraction of sp³-hybridized carbons (Fsp3) is 0.588. The molecule has 2 aromatic rings. The van der Waals surface area contributed by atoms with Crippen molar-refractivity contribution in [3.63, 3.8) is 0 Å². The molecule has 21 heavy (non-hydrogen) atoms. The first-order valence-corrected chi connectivity index (χ1v) is 8.12. The van der Waals surface area contributed by atoms with Gasteiger partial charge in [-0.15, -0.1) is 0 Å². The number of oxazole rings is 1. The van der Waals surface area contributed by atoms with Gasteiger partial charge in [-0.05, 0) is 68.4 Å². The second kappa shape index (κ2) is 3.93. The predicted molar refractivity (Wildman–Crippen MR) is 82.9 cm³/mol. The zero-order valence-electron chi connectivity index (χ0n) is 12.1. The van der Waals surface area contributed by atoms with E-state index >= 15 is 0 Å². The third-order valence-electron chi connectivity index (χ3n) is 5.86. The third-order valence-corrected chi connectivity index (χ3v) is 5.86. The number of nitrogens with one attached hydrogen (secondary N) is 1. The van der Waals surface area contributed by atoms with Crippen molar-refractivity contribution in [2.75, 3.05) is 11.1 Å². The van der Waals surface area contributed by atoms with Gasteiger partial charge in [0, 0.05) is 5.54 Å². The Kier molecular flexibility index (Phi) is 2.23. The van der Waals surface area contributed by atoms with Gasteiger partial charge in [0.25, 0.3) is 6.01 Å². The summed E-state index contributed by atoms with van der Waals surface area (Å²) in [7, 11) is 0. The molecule has 3 N–H and O–H groups in total. The number of fused-ring (bicyclic) bond motifs is 1. The number of hydrogen-bond donors (Lipinski definition) is 2. The number of nitrogens with zero attached hydrogens (tertiary/aromatic N) is 1. The number of benzene rings is 1. The molecule has 1 aromatic heterocycles. The topological polar surface area (TPSA) is 64.1 Å². The summed E-state index contributed by atoms with van der Waals surface area (Å²) in [4.78, 5) is 4.59.